The van der Waals surface area contributed by atoms with Crippen molar-refractivity contribution in [3.8, 4) is 11.8 Å². The van der Waals surface area contributed by atoms with Crippen molar-refractivity contribution < 1.29 is 24.2 Å². The molecule has 0 saturated carbocycles. The Hall–Kier alpha value is -3.29. The zero-order valence-corrected chi connectivity index (χ0v) is 16.0. The lowest BCUT2D eigenvalue weighted by molar-refractivity contribution is -0.137. The van der Waals surface area contributed by atoms with Gasteiger partial charge in [-0.05, 0) is 24.5 Å². The molecule has 0 aliphatic heterocycles. The van der Waals surface area contributed by atoms with Crippen molar-refractivity contribution in [1.29, 1.82) is 0 Å². The molecule has 0 aliphatic carbocycles. The van der Waals surface area contributed by atoms with Gasteiger partial charge in [0.25, 0.3) is 0 Å². The van der Waals surface area contributed by atoms with Gasteiger partial charge in [0.1, 0.15) is 0 Å². The first-order chi connectivity index (χ1) is 13.5. The Morgan fingerprint density at radius 2 is 1.86 bits per heavy atom. The van der Waals surface area contributed by atoms with E-state index in [0.29, 0.717) is 30.2 Å². The van der Waals surface area contributed by atoms with E-state index in [4.69, 9.17) is 14.6 Å². The fourth-order valence-corrected chi connectivity index (χ4v) is 2.71. The van der Waals surface area contributed by atoms with Crippen LogP contribution in [0.1, 0.15) is 24.0 Å². The maximum absolute atomic E-state index is 12.3. The molecule has 0 fully saturated rings. The topological polar surface area (TPSA) is 110 Å². The molecular formula is C20H25N3O5. The van der Waals surface area contributed by atoms with Crippen molar-refractivity contribution in [3.63, 3.8) is 0 Å². The summed E-state index contributed by atoms with van der Waals surface area (Å²) >= 11 is 0. The summed E-state index contributed by atoms with van der Waals surface area (Å²) in [5, 5.41) is 14.6. The molecule has 28 heavy (non-hydrogen) atoms. The van der Waals surface area contributed by atoms with Crippen LogP contribution in [0.15, 0.2) is 42.5 Å². The lowest BCUT2D eigenvalue weighted by Gasteiger charge is -2.19. The van der Waals surface area contributed by atoms with Gasteiger partial charge in [0.15, 0.2) is 0 Å². The number of aromatic nitrogens is 1. The van der Waals surface area contributed by atoms with E-state index >= 15 is 0 Å². The lowest BCUT2D eigenvalue weighted by atomic mass is 10.0. The van der Waals surface area contributed by atoms with E-state index in [0.717, 1.165) is 5.56 Å². The van der Waals surface area contributed by atoms with Crippen LogP contribution in [-0.2, 0) is 17.8 Å². The van der Waals surface area contributed by atoms with Crippen molar-refractivity contribution >= 4 is 12.0 Å². The molecule has 1 heterocycles. The van der Waals surface area contributed by atoms with Crippen molar-refractivity contribution in [2.45, 2.75) is 31.8 Å². The predicted molar refractivity (Wildman–Crippen MR) is 104 cm³/mol. The third-order valence-electron chi connectivity index (χ3n) is 4.12. The Labute approximate surface area is 163 Å². The number of nitrogens with zero attached hydrogens (tertiary/aromatic N) is 1. The number of benzene rings is 1. The van der Waals surface area contributed by atoms with Crippen LogP contribution in [0, 0.1) is 0 Å². The number of urea groups is 1. The van der Waals surface area contributed by atoms with Crippen LogP contribution in [0.4, 0.5) is 4.79 Å². The van der Waals surface area contributed by atoms with E-state index in [9.17, 15) is 9.59 Å². The van der Waals surface area contributed by atoms with Gasteiger partial charge in [0.05, 0.1) is 14.2 Å². The minimum Gasteiger partial charge on any atom is -0.481 e. The minimum absolute atomic E-state index is 0.0198. The highest BCUT2D eigenvalue weighted by Crippen LogP contribution is 2.19. The summed E-state index contributed by atoms with van der Waals surface area (Å²) in [5.41, 5.74) is 1.72. The van der Waals surface area contributed by atoms with E-state index in [1.807, 2.05) is 30.3 Å². The number of aliphatic carboxylic acids is 1. The van der Waals surface area contributed by atoms with Crippen molar-refractivity contribution in [2.75, 3.05) is 14.2 Å². The molecular weight excluding hydrogens is 362 g/mol. The third-order valence-corrected chi connectivity index (χ3v) is 4.12. The molecule has 1 unspecified atom stereocenters. The number of pyridine rings is 1. The highest BCUT2D eigenvalue weighted by atomic mass is 16.5. The smallest absolute Gasteiger partial charge is 0.315 e. The summed E-state index contributed by atoms with van der Waals surface area (Å²) in [4.78, 5) is 27.4. The Bertz CT molecular complexity index is 783. The van der Waals surface area contributed by atoms with E-state index < -0.39 is 5.97 Å². The number of hydrogen-bond donors (Lipinski definition) is 3. The van der Waals surface area contributed by atoms with Crippen LogP contribution >= 0.6 is 0 Å². The summed E-state index contributed by atoms with van der Waals surface area (Å²) in [5.74, 6) is -0.109. The summed E-state index contributed by atoms with van der Waals surface area (Å²) in [7, 11) is 3.00. The normalized spacial score (nSPS) is 11.4. The largest absolute Gasteiger partial charge is 0.481 e. The highest BCUT2D eigenvalue weighted by Gasteiger charge is 2.15. The van der Waals surface area contributed by atoms with Crippen LogP contribution in [0.3, 0.4) is 0 Å². The van der Waals surface area contributed by atoms with Crippen LogP contribution in [-0.4, -0.2) is 42.4 Å². The minimum atomic E-state index is -0.894. The maximum atomic E-state index is 12.3. The van der Waals surface area contributed by atoms with Crippen molar-refractivity contribution in [2.24, 2.45) is 0 Å². The van der Waals surface area contributed by atoms with E-state index in [2.05, 4.69) is 15.6 Å². The molecule has 0 bridgehead atoms. The molecule has 1 aromatic heterocycles. The monoisotopic (exact) mass is 387 g/mol. The second kappa shape index (κ2) is 10.8. The predicted octanol–water partition coefficient (Wildman–Crippen LogP) is 2.37. The second-order valence-electron chi connectivity index (χ2n) is 6.17. The first-order valence-electron chi connectivity index (χ1n) is 8.89. The van der Waals surface area contributed by atoms with Crippen LogP contribution < -0.4 is 20.1 Å². The molecule has 2 amide bonds. The Kier molecular flexibility index (Phi) is 8.08. The molecule has 0 spiro atoms. The molecule has 8 heteroatoms. The molecule has 3 N–H and O–H groups in total. The van der Waals surface area contributed by atoms with Crippen LogP contribution in [0.5, 0.6) is 11.8 Å². The summed E-state index contributed by atoms with van der Waals surface area (Å²) in [6, 6.07) is 12.4. The van der Waals surface area contributed by atoms with E-state index in [1.54, 1.807) is 12.1 Å². The van der Waals surface area contributed by atoms with E-state index in [-0.39, 0.29) is 25.0 Å². The number of carbonyl (C=O) groups is 2. The van der Waals surface area contributed by atoms with Gasteiger partial charge in [0.2, 0.25) is 11.8 Å². The number of carboxylic acid groups (broad SMARTS) is 1. The van der Waals surface area contributed by atoms with Gasteiger partial charge in [-0.25, -0.2) is 4.79 Å². The lowest BCUT2D eigenvalue weighted by Crippen LogP contribution is -2.43. The number of carboxylic acids is 1. The van der Waals surface area contributed by atoms with Crippen LogP contribution in [0.25, 0.3) is 0 Å². The second-order valence-corrected chi connectivity index (χ2v) is 6.17. The van der Waals surface area contributed by atoms with E-state index in [1.165, 1.54) is 14.2 Å². The summed E-state index contributed by atoms with van der Waals surface area (Å²) < 4.78 is 10.3. The molecule has 1 atom stereocenters. The van der Waals surface area contributed by atoms with Gasteiger partial charge in [-0.1, -0.05) is 30.3 Å². The van der Waals surface area contributed by atoms with Gasteiger partial charge < -0.3 is 25.2 Å². The number of amides is 2. The number of carbonyl (C=O) groups excluding carboxylic acids is 1. The molecule has 0 saturated heterocycles. The average Bonchev–Trinajstić information content (AvgIpc) is 2.71. The molecule has 8 nitrogen and oxygen atoms in total. The number of methoxy groups -OCH3 is 2. The third kappa shape index (κ3) is 6.79. The quantitative estimate of drug-likeness (QED) is 0.577. The molecule has 1 aromatic carbocycles. The van der Waals surface area contributed by atoms with Crippen molar-refractivity contribution in [1.82, 2.24) is 15.6 Å². The summed E-state index contributed by atoms with van der Waals surface area (Å²) in [6.07, 6.45) is 0.869. The number of nitrogens with one attached hydrogen (secondary N) is 2. The molecule has 150 valence electrons. The zero-order valence-electron chi connectivity index (χ0n) is 16.0. The Morgan fingerprint density at radius 3 is 2.50 bits per heavy atom. The number of hydrogen-bond acceptors (Lipinski definition) is 5. The highest BCUT2D eigenvalue weighted by molar-refractivity contribution is 5.74. The molecule has 0 radical (unpaired) electrons. The first kappa shape index (κ1) is 21.0. The number of rotatable bonds is 10. The SMILES string of the molecule is COc1ccc(CNC(=O)NC(CCC(=O)O)Cc2ccccc2)c(OC)n1. The van der Waals surface area contributed by atoms with Gasteiger partial charge in [-0.3, -0.25) is 4.79 Å². The van der Waals surface area contributed by atoms with Gasteiger partial charge >= 0.3 is 12.0 Å². The van der Waals surface area contributed by atoms with Crippen molar-refractivity contribution in [3.05, 3.63) is 53.6 Å². The van der Waals surface area contributed by atoms with Crippen LogP contribution in [0.2, 0.25) is 0 Å². The Morgan fingerprint density at radius 1 is 1.11 bits per heavy atom. The van der Waals surface area contributed by atoms with Gasteiger partial charge in [-0.15, -0.1) is 0 Å². The fourth-order valence-electron chi connectivity index (χ4n) is 2.71. The molecule has 0 aliphatic rings. The average molecular weight is 387 g/mol. The first-order valence-corrected chi connectivity index (χ1v) is 8.89. The fraction of sp³-hybridized carbons (Fsp3) is 0.350. The zero-order chi connectivity index (χ0) is 20.4. The molecule has 2 rings (SSSR count). The number of ether oxygens (including phenoxy) is 2. The molecule has 2 aromatic rings. The van der Waals surface area contributed by atoms with Gasteiger partial charge in [0, 0.05) is 30.6 Å². The Balaban J connectivity index is 1.95. The van der Waals surface area contributed by atoms with Gasteiger partial charge in [-0.2, -0.15) is 4.98 Å². The maximum Gasteiger partial charge on any atom is 0.315 e. The summed E-state index contributed by atoms with van der Waals surface area (Å²) in [6.45, 7) is 0.211. The standard InChI is InChI=1S/C20H25N3O5/c1-27-17-10-8-15(19(23-17)28-2)13-21-20(26)22-16(9-11-18(24)25)12-14-6-4-3-5-7-14/h3-8,10,16H,9,11-13H2,1-2H3,(H,24,25)(H2,21,22,26).